The van der Waals surface area contributed by atoms with Gasteiger partial charge in [-0.25, -0.2) is 13.2 Å². The fourth-order valence-corrected chi connectivity index (χ4v) is 3.65. The molecule has 2 unspecified atom stereocenters. The molecule has 1 heterocycles. The van der Waals surface area contributed by atoms with Crippen LogP contribution in [0.1, 0.15) is 43.5 Å². The highest BCUT2D eigenvalue weighted by Crippen LogP contribution is 2.23. The van der Waals surface area contributed by atoms with Crippen LogP contribution in [0.15, 0.2) is 36.4 Å². The van der Waals surface area contributed by atoms with Crippen molar-refractivity contribution in [2.24, 2.45) is 0 Å². The van der Waals surface area contributed by atoms with Crippen LogP contribution >= 0.6 is 0 Å². The van der Waals surface area contributed by atoms with Gasteiger partial charge in [-0.1, -0.05) is 0 Å². The van der Waals surface area contributed by atoms with Crippen LogP contribution < -0.4 is 10.1 Å². The Morgan fingerprint density at radius 2 is 1.63 bits per heavy atom. The van der Waals surface area contributed by atoms with Crippen molar-refractivity contribution >= 4 is 17.5 Å². The van der Waals surface area contributed by atoms with Gasteiger partial charge in [-0.15, -0.1) is 0 Å². The van der Waals surface area contributed by atoms with E-state index < -0.39 is 29.0 Å². The molecule has 3 rings (SSSR count). The summed E-state index contributed by atoms with van der Waals surface area (Å²) in [6.07, 6.45) is 3.04. The third kappa shape index (κ3) is 4.75. The molecule has 0 bridgehead atoms. The summed E-state index contributed by atoms with van der Waals surface area (Å²) >= 11 is 0. The van der Waals surface area contributed by atoms with Gasteiger partial charge in [0.05, 0.1) is 5.69 Å². The van der Waals surface area contributed by atoms with Crippen molar-refractivity contribution in [3.8, 4) is 5.75 Å². The Morgan fingerprint density at radius 3 is 2.27 bits per heavy atom. The zero-order chi connectivity index (χ0) is 21.8. The highest BCUT2D eigenvalue weighted by atomic mass is 19.2. The van der Waals surface area contributed by atoms with Crippen LogP contribution in [0, 0.1) is 17.5 Å². The number of carbonyl (C=O) groups is 2. The second-order valence-corrected chi connectivity index (χ2v) is 7.42. The molecule has 0 spiro atoms. The van der Waals surface area contributed by atoms with Gasteiger partial charge in [0.1, 0.15) is 5.75 Å². The molecule has 0 aliphatic carbocycles. The average Bonchev–Trinajstić information content (AvgIpc) is 2.73. The normalized spacial score (nSPS) is 18.8. The fraction of sp³-hybridized carbons (Fsp3) is 0.364. The maximum Gasteiger partial charge on any atom is 0.260 e. The van der Waals surface area contributed by atoms with Crippen molar-refractivity contribution < 1.29 is 27.5 Å². The Hall–Kier alpha value is -3.03. The van der Waals surface area contributed by atoms with Gasteiger partial charge in [0.25, 0.3) is 11.8 Å². The number of hydrogen-bond donors (Lipinski definition) is 1. The highest BCUT2D eigenvalue weighted by Gasteiger charge is 2.29. The van der Waals surface area contributed by atoms with Crippen LogP contribution in [0.25, 0.3) is 0 Å². The molecule has 1 saturated heterocycles. The number of piperidine rings is 1. The van der Waals surface area contributed by atoms with E-state index in [4.69, 9.17) is 4.74 Å². The van der Waals surface area contributed by atoms with Crippen LogP contribution in [0.2, 0.25) is 0 Å². The second kappa shape index (κ2) is 9.19. The van der Waals surface area contributed by atoms with Crippen molar-refractivity contribution in [1.29, 1.82) is 0 Å². The summed E-state index contributed by atoms with van der Waals surface area (Å²) in [7, 11) is 0. The molecule has 2 aromatic rings. The lowest BCUT2D eigenvalue weighted by Gasteiger charge is -2.38. The van der Waals surface area contributed by atoms with Crippen LogP contribution in [0.3, 0.4) is 0 Å². The Bertz CT molecular complexity index is 924. The lowest BCUT2D eigenvalue weighted by Crippen LogP contribution is -2.49. The molecule has 1 aliphatic heterocycles. The largest absolute Gasteiger partial charge is 0.484 e. The van der Waals surface area contributed by atoms with Gasteiger partial charge in [-0.3, -0.25) is 9.59 Å². The molecule has 0 saturated carbocycles. The summed E-state index contributed by atoms with van der Waals surface area (Å²) in [5.41, 5.74) is -0.300. The minimum atomic E-state index is -1.65. The minimum absolute atomic E-state index is 0.0923. The molecule has 0 radical (unpaired) electrons. The maximum atomic E-state index is 13.7. The van der Waals surface area contributed by atoms with Crippen molar-refractivity contribution in [2.45, 2.75) is 45.2 Å². The quantitative estimate of drug-likeness (QED) is 0.724. The van der Waals surface area contributed by atoms with E-state index in [0.717, 1.165) is 31.4 Å². The number of halogens is 3. The van der Waals surface area contributed by atoms with Crippen LogP contribution in [0.4, 0.5) is 18.9 Å². The number of rotatable bonds is 5. The molecule has 2 aromatic carbocycles. The zero-order valence-electron chi connectivity index (χ0n) is 16.8. The van der Waals surface area contributed by atoms with E-state index >= 15 is 0 Å². The summed E-state index contributed by atoms with van der Waals surface area (Å²) in [5.74, 6) is -4.85. The number of nitrogens with one attached hydrogen (secondary N) is 1. The van der Waals surface area contributed by atoms with Gasteiger partial charge < -0.3 is 15.0 Å². The van der Waals surface area contributed by atoms with Gasteiger partial charge >= 0.3 is 0 Å². The van der Waals surface area contributed by atoms with Crippen molar-refractivity contribution in [3.05, 3.63) is 59.4 Å². The molecular weight excluding hydrogens is 397 g/mol. The number of hydrogen-bond acceptors (Lipinski definition) is 3. The van der Waals surface area contributed by atoms with Gasteiger partial charge in [-0.2, -0.15) is 0 Å². The van der Waals surface area contributed by atoms with E-state index in [-0.39, 0.29) is 30.2 Å². The van der Waals surface area contributed by atoms with Gasteiger partial charge in [0.2, 0.25) is 0 Å². The van der Waals surface area contributed by atoms with E-state index in [9.17, 15) is 22.8 Å². The Balaban J connectivity index is 1.59. The lowest BCUT2D eigenvalue weighted by atomic mass is 9.97. The van der Waals surface area contributed by atoms with E-state index in [1.54, 1.807) is 0 Å². The summed E-state index contributed by atoms with van der Waals surface area (Å²) in [5, 5.41) is 2.19. The summed E-state index contributed by atoms with van der Waals surface area (Å²) in [6.45, 7) is 3.94. The zero-order valence-corrected chi connectivity index (χ0v) is 16.8. The molecule has 1 N–H and O–H groups in total. The molecular formula is C22H23F3N2O3. The molecule has 1 fully saturated rings. The number of anilines is 1. The van der Waals surface area contributed by atoms with Crippen molar-refractivity contribution in [2.75, 3.05) is 11.9 Å². The van der Waals surface area contributed by atoms with Crippen LogP contribution in [-0.2, 0) is 4.79 Å². The number of nitrogens with zero attached hydrogens (tertiary/aromatic N) is 1. The first kappa shape index (κ1) is 21.7. The van der Waals surface area contributed by atoms with Crippen LogP contribution in [0.5, 0.6) is 5.75 Å². The fourth-order valence-electron chi connectivity index (χ4n) is 3.65. The highest BCUT2D eigenvalue weighted by molar-refractivity contribution is 6.04. The molecule has 2 amide bonds. The third-order valence-corrected chi connectivity index (χ3v) is 5.24. The molecule has 8 heteroatoms. The number of likely N-dealkylation sites (tertiary alicyclic amines) is 1. The predicted octanol–water partition coefficient (Wildman–Crippen LogP) is 4.52. The molecule has 30 heavy (non-hydrogen) atoms. The first-order valence-electron chi connectivity index (χ1n) is 9.76. The predicted molar refractivity (Wildman–Crippen MR) is 106 cm³/mol. The number of ether oxygens (including phenoxy) is 1. The van der Waals surface area contributed by atoms with Gasteiger partial charge in [-0.05, 0) is 69.5 Å². The summed E-state index contributed by atoms with van der Waals surface area (Å²) < 4.78 is 45.5. The summed E-state index contributed by atoms with van der Waals surface area (Å²) in [4.78, 5) is 26.6. The smallest absolute Gasteiger partial charge is 0.260 e. The molecule has 2 atom stereocenters. The van der Waals surface area contributed by atoms with Crippen molar-refractivity contribution in [3.63, 3.8) is 0 Å². The monoisotopic (exact) mass is 420 g/mol. The SMILES string of the molecule is CC1CCCC(C)N1C(=O)COc1ccc(C(=O)Nc2ccc(F)c(F)c2F)cc1. The Labute approximate surface area is 172 Å². The number of carbonyl (C=O) groups excluding carboxylic acids is 2. The molecule has 5 nitrogen and oxygen atoms in total. The topological polar surface area (TPSA) is 58.6 Å². The van der Waals surface area contributed by atoms with Gasteiger partial charge in [0, 0.05) is 17.6 Å². The molecule has 160 valence electrons. The number of benzene rings is 2. The van der Waals surface area contributed by atoms with Gasteiger partial charge in [0.15, 0.2) is 24.1 Å². The van der Waals surface area contributed by atoms with Crippen molar-refractivity contribution in [1.82, 2.24) is 4.90 Å². The Kier molecular flexibility index (Phi) is 6.64. The van der Waals surface area contributed by atoms with E-state index in [1.807, 2.05) is 18.7 Å². The second-order valence-electron chi connectivity index (χ2n) is 7.42. The van der Waals surface area contributed by atoms with Crippen LogP contribution in [-0.4, -0.2) is 35.4 Å². The van der Waals surface area contributed by atoms with E-state index in [1.165, 1.54) is 24.3 Å². The lowest BCUT2D eigenvalue weighted by molar-refractivity contribution is -0.139. The van der Waals surface area contributed by atoms with E-state index in [0.29, 0.717) is 5.75 Å². The first-order valence-corrected chi connectivity index (χ1v) is 9.76. The third-order valence-electron chi connectivity index (χ3n) is 5.24. The standard InChI is InChI=1S/C22H23F3N2O3/c1-13-4-3-5-14(2)27(13)19(28)12-30-16-8-6-15(7-9-16)22(29)26-18-11-10-17(23)20(24)21(18)25/h6-11,13-14H,3-5,12H2,1-2H3,(H,26,29). The first-order chi connectivity index (χ1) is 14.3. The number of amides is 2. The minimum Gasteiger partial charge on any atom is -0.484 e. The maximum absolute atomic E-state index is 13.7. The Morgan fingerprint density at radius 1 is 1.00 bits per heavy atom. The average molecular weight is 420 g/mol. The summed E-state index contributed by atoms with van der Waals surface area (Å²) in [6, 6.07) is 7.89. The molecule has 0 aromatic heterocycles. The molecule has 1 aliphatic rings. The van der Waals surface area contributed by atoms with E-state index in [2.05, 4.69) is 5.32 Å².